The van der Waals surface area contributed by atoms with Gasteiger partial charge >= 0.3 is 0 Å². The minimum absolute atomic E-state index is 0.306. The maximum absolute atomic E-state index is 6.09. The normalized spacial score (nSPS) is 39.3. The molecular weight excluding hydrogens is 258 g/mol. The molecule has 21 heavy (non-hydrogen) atoms. The predicted octanol–water partition coefficient (Wildman–Crippen LogP) is 3.79. The van der Waals surface area contributed by atoms with Crippen molar-refractivity contribution < 1.29 is 4.74 Å². The molecule has 1 aromatic carbocycles. The standard InChI is InChI=1S/C19H27NO/c1-18(2)14-8-9-19(3,11-14)17(18)20-12-15-10-13-6-4-5-7-16(13)21-15/h4-7,14-15,17,20H,8-12H2,1-3H3. The van der Waals surface area contributed by atoms with E-state index in [1.54, 1.807) is 0 Å². The Hall–Kier alpha value is -1.02. The Morgan fingerprint density at radius 2 is 2.05 bits per heavy atom. The van der Waals surface area contributed by atoms with Gasteiger partial charge in [0.15, 0.2) is 0 Å². The van der Waals surface area contributed by atoms with Crippen LogP contribution in [0.15, 0.2) is 24.3 Å². The monoisotopic (exact) mass is 285 g/mol. The van der Waals surface area contributed by atoms with E-state index in [2.05, 4.69) is 50.4 Å². The number of hydrogen-bond donors (Lipinski definition) is 1. The number of nitrogens with one attached hydrogen (secondary N) is 1. The van der Waals surface area contributed by atoms with Crippen LogP contribution in [0.3, 0.4) is 0 Å². The molecule has 2 nitrogen and oxygen atoms in total. The summed E-state index contributed by atoms with van der Waals surface area (Å²) in [5, 5.41) is 3.90. The van der Waals surface area contributed by atoms with Crippen molar-refractivity contribution in [3.8, 4) is 5.75 Å². The Labute approximate surface area is 128 Å². The topological polar surface area (TPSA) is 21.3 Å². The molecule has 1 N–H and O–H groups in total. The first kappa shape index (κ1) is 13.6. The zero-order valence-corrected chi connectivity index (χ0v) is 13.5. The lowest BCUT2D eigenvalue weighted by atomic mass is 9.68. The number of ether oxygens (including phenoxy) is 1. The molecule has 1 aliphatic heterocycles. The second-order valence-electron chi connectivity index (χ2n) is 8.31. The van der Waals surface area contributed by atoms with Crippen molar-refractivity contribution in [2.75, 3.05) is 6.54 Å². The molecule has 2 saturated carbocycles. The first-order chi connectivity index (χ1) is 9.99. The molecule has 4 atom stereocenters. The number of benzene rings is 1. The quantitative estimate of drug-likeness (QED) is 0.912. The van der Waals surface area contributed by atoms with E-state index in [4.69, 9.17) is 4.74 Å². The smallest absolute Gasteiger partial charge is 0.123 e. The second kappa shape index (κ2) is 4.49. The third kappa shape index (κ3) is 2.03. The van der Waals surface area contributed by atoms with E-state index in [0.29, 0.717) is 23.0 Å². The van der Waals surface area contributed by atoms with Crippen LogP contribution in [-0.4, -0.2) is 18.7 Å². The van der Waals surface area contributed by atoms with Crippen molar-refractivity contribution in [3.63, 3.8) is 0 Å². The molecule has 1 heterocycles. The molecule has 3 aliphatic rings. The highest BCUT2D eigenvalue weighted by Crippen LogP contribution is 2.62. The lowest BCUT2D eigenvalue weighted by Crippen LogP contribution is -2.52. The summed E-state index contributed by atoms with van der Waals surface area (Å²) in [6, 6.07) is 9.10. The average Bonchev–Trinajstić information content (AvgIpc) is 3.06. The summed E-state index contributed by atoms with van der Waals surface area (Å²) in [4.78, 5) is 0. The van der Waals surface area contributed by atoms with Crippen LogP contribution in [0.4, 0.5) is 0 Å². The van der Waals surface area contributed by atoms with E-state index in [9.17, 15) is 0 Å². The highest BCUT2D eigenvalue weighted by atomic mass is 16.5. The van der Waals surface area contributed by atoms with Crippen LogP contribution in [0.1, 0.15) is 45.6 Å². The van der Waals surface area contributed by atoms with E-state index in [1.807, 2.05) is 0 Å². The van der Waals surface area contributed by atoms with Crippen molar-refractivity contribution in [2.24, 2.45) is 16.7 Å². The molecule has 2 bridgehead atoms. The summed E-state index contributed by atoms with van der Waals surface area (Å²) in [5.41, 5.74) is 2.29. The molecule has 4 unspecified atom stereocenters. The molecule has 4 rings (SSSR count). The summed E-state index contributed by atoms with van der Waals surface area (Å²) in [5.74, 6) is 1.99. The molecule has 2 fully saturated rings. The van der Waals surface area contributed by atoms with Gasteiger partial charge in [-0.25, -0.2) is 0 Å². The Balaban J connectivity index is 1.42. The number of fused-ring (bicyclic) bond motifs is 3. The fraction of sp³-hybridized carbons (Fsp3) is 0.684. The van der Waals surface area contributed by atoms with E-state index >= 15 is 0 Å². The lowest BCUT2D eigenvalue weighted by Gasteiger charge is -2.43. The highest BCUT2D eigenvalue weighted by Gasteiger charge is 2.59. The third-order valence-electron chi connectivity index (χ3n) is 6.53. The predicted molar refractivity (Wildman–Crippen MR) is 85.6 cm³/mol. The first-order valence-corrected chi connectivity index (χ1v) is 8.47. The summed E-state index contributed by atoms with van der Waals surface area (Å²) in [7, 11) is 0. The van der Waals surface area contributed by atoms with Crippen LogP contribution in [0.25, 0.3) is 0 Å². The molecular formula is C19H27NO. The van der Waals surface area contributed by atoms with Gasteiger partial charge < -0.3 is 10.1 Å². The van der Waals surface area contributed by atoms with Crippen LogP contribution in [0.2, 0.25) is 0 Å². The van der Waals surface area contributed by atoms with Crippen molar-refractivity contribution >= 4 is 0 Å². The maximum Gasteiger partial charge on any atom is 0.123 e. The minimum atomic E-state index is 0.306. The van der Waals surface area contributed by atoms with E-state index < -0.39 is 0 Å². The first-order valence-electron chi connectivity index (χ1n) is 8.47. The van der Waals surface area contributed by atoms with Gasteiger partial charge in [-0.1, -0.05) is 39.0 Å². The van der Waals surface area contributed by atoms with Gasteiger partial charge in [0.2, 0.25) is 0 Å². The van der Waals surface area contributed by atoms with Gasteiger partial charge in [-0.2, -0.15) is 0 Å². The Bertz CT molecular complexity index is 522. The fourth-order valence-electron chi connectivity index (χ4n) is 5.43. The van der Waals surface area contributed by atoms with Crippen molar-refractivity contribution in [2.45, 2.75) is 58.6 Å². The van der Waals surface area contributed by atoms with Gasteiger partial charge in [-0.05, 0) is 47.6 Å². The summed E-state index contributed by atoms with van der Waals surface area (Å²) in [6.45, 7) is 8.39. The average molecular weight is 285 g/mol. The van der Waals surface area contributed by atoms with Crippen molar-refractivity contribution in [1.29, 1.82) is 0 Å². The summed E-state index contributed by atoms with van der Waals surface area (Å²) >= 11 is 0. The maximum atomic E-state index is 6.09. The molecule has 2 aliphatic carbocycles. The van der Waals surface area contributed by atoms with Gasteiger partial charge in [0.25, 0.3) is 0 Å². The third-order valence-corrected chi connectivity index (χ3v) is 6.53. The fourth-order valence-corrected chi connectivity index (χ4v) is 5.43. The Kier molecular flexibility index (Phi) is 2.91. The minimum Gasteiger partial charge on any atom is -0.488 e. The molecule has 1 aromatic rings. The zero-order valence-electron chi connectivity index (χ0n) is 13.5. The van der Waals surface area contributed by atoms with Gasteiger partial charge in [-0.3, -0.25) is 0 Å². The number of hydrogen-bond acceptors (Lipinski definition) is 2. The molecule has 0 saturated heterocycles. The molecule has 2 heteroatoms. The van der Waals surface area contributed by atoms with Gasteiger partial charge in [-0.15, -0.1) is 0 Å². The van der Waals surface area contributed by atoms with Crippen molar-refractivity contribution in [1.82, 2.24) is 5.32 Å². The van der Waals surface area contributed by atoms with E-state index in [0.717, 1.165) is 24.6 Å². The van der Waals surface area contributed by atoms with Gasteiger partial charge in [0.1, 0.15) is 11.9 Å². The highest BCUT2D eigenvalue weighted by molar-refractivity contribution is 5.37. The van der Waals surface area contributed by atoms with Gasteiger partial charge in [0, 0.05) is 19.0 Å². The van der Waals surface area contributed by atoms with Crippen LogP contribution in [-0.2, 0) is 6.42 Å². The summed E-state index contributed by atoms with van der Waals surface area (Å²) in [6.07, 6.45) is 5.58. The zero-order chi connectivity index (χ0) is 14.7. The molecule has 0 spiro atoms. The van der Waals surface area contributed by atoms with Crippen LogP contribution in [0.5, 0.6) is 5.75 Å². The SMILES string of the molecule is CC12CCC(C1)C(C)(C)C2NCC1Cc2ccccc2O1. The second-order valence-corrected chi connectivity index (χ2v) is 8.31. The van der Waals surface area contributed by atoms with Crippen LogP contribution < -0.4 is 10.1 Å². The molecule has 0 radical (unpaired) electrons. The number of rotatable bonds is 3. The van der Waals surface area contributed by atoms with Crippen molar-refractivity contribution in [3.05, 3.63) is 29.8 Å². The van der Waals surface area contributed by atoms with E-state index in [-0.39, 0.29) is 0 Å². The largest absolute Gasteiger partial charge is 0.488 e. The Morgan fingerprint density at radius 3 is 2.76 bits per heavy atom. The summed E-state index contributed by atoms with van der Waals surface area (Å²) < 4.78 is 6.09. The number of para-hydroxylation sites is 1. The Morgan fingerprint density at radius 1 is 1.24 bits per heavy atom. The molecule has 0 aromatic heterocycles. The molecule has 0 amide bonds. The van der Waals surface area contributed by atoms with Crippen LogP contribution >= 0.6 is 0 Å². The van der Waals surface area contributed by atoms with E-state index in [1.165, 1.54) is 24.8 Å². The molecule has 114 valence electrons. The van der Waals surface area contributed by atoms with Gasteiger partial charge in [0.05, 0.1) is 0 Å². The lowest BCUT2D eigenvalue weighted by molar-refractivity contribution is 0.0968. The van der Waals surface area contributed by atoms with Crippen LogP contribution in [0, 0.1) is 16.7 Å².